The number of halogens is 1. The van der Waals surface area contributed by atoms with Gasteiger partial charge in [0.05, 0.1) is 21.4 Å². The molecule has 6 unspecified atom stereocenters. The molecule has 2 bridgehead atoms. The third kappa shape index (κ3) is 0.688. The van der Waals surface area contributed by atoms with Crippen molar-refractivity contribution in [3.8, 4) is 0 Å². The van der Waals surface area contributed by atoms with Crippen LogP contribution in [0.25, 0.3) is 0 Å². The van der Waals surface area contributed by atoms with Gasteiger partial charge in [0.25, 0.3) is 0 Å². The molecule has 5 heteroatoms. The summed E-state index contributed by atoms with van der Waals surface area (Å²) in [6.07, 6.45) is 0.0888. The smallest absolute Gasteiger partial charge is 0.188 e. The maximum atomic E-state index is 12.9. The Kier molecular flexibility index (Phi) is 1.42. The molecule has 0 aromatic heterocycles. The fourth-order valence-corrected chi connectivity index (χ4v) is 8.98. The van der Waals surface area contributed by atoms with E-state index in [-0.39, 0.29) is 22.5 Å². The summed E-state index contributed by atoms with van der Waals surface area (Å²) in [5.41, 5.74) is 1.07. The highest BCUT2D eigenvalue weighted by molar-refractivity contribution is 9.10. The summed E-state index contributed by atoms with van der Waals surface area (Å²) in [5, 5.41) is 0. The van der Waals surface area contributed by atoms with Gasteiger partial charge in [0.1, 0.15) is 4.75 Å². The van der Waals surface area contributed by atoms with Gasteiger partial charge >= 0.3 is 0 Å². The van der Waals surface area contributed by atoms with E-state index in [0.29, 0.717) is 10.8 Å². The highest BCUT2D eigenvalue weighted by Gasteiger charge is 3.10. The van der Waals surface area contributed by atoms with E-state index in [1.807, 2.05) is 19.1 Å². The minimum Gasteiger partial charge on any atom is -0.371 e. The van der Waals surface area contributed by atoms with Gasteiger partial charge in [-0.15, -0.1) is 0 Å². The summed E-state index contributed by atoms with van der Waals surface area (Å²) in [4.78, 5) is 0.439. The van der Waals surface area contributed by atoms with Crippen LogP contribution in [0.15, 0.2) is 29.2 Å². The van der Waals surface area contributed by atoms with Gasteiger partial charge in [-0.1, -0.05) is 33.6 Å². The SMILES string of the molecule is Cc1ccc(S(=O)(=O)C23C4OC5C(C42)C53Br)cc1. The Morgan fingerprint density at radius 1 is 1.17 bits per heavy atom. The predicted molar refractivity (Wildman–Crippen MR) is 68.4 cm³/mol. The molecule has 5 fully saturated rings. The normalized spacial score (nSPS) is 53.7. The van der Waals surface area contributed by atoms with E-state index >= 15 is 0 Å². The summed E-state index contributed by atoms with van der Waals surface area (Å²) in [6.45, 7) is 1.96. The third-order valence-electron chi connectivity index (χ3n) is 5.31. The van der Waals surface area contributed by atoms with Crippen molar-refractivity contribution in [1.82, 2.24) is 0 Å². The van der Waals surface area contributed by atoms with Crippen LogP contribution in [0, 0.1) is 18.8 Å². The van der Waals surface area contributed by atoms with Crippen LogP contribution in [0.5, 0.6) is 0 Å². The molecule has 0 radical (unpaired) electrons. The van der Waals surface area contributed by atoms with E-state index in [0.717, 1.165) is 5.56 Å². The summed E-state index contributed by atoms with van der Waals surface area (Å²) < 4.78 is 30.6. The van der Waals surface area contributed by atoms with Crippen LogP contribution in [0.3, 0.4) is 0 Å². The van der Waals surface area contributed by atoms with E-state index in [4.69, 9.17) is 4.74 Å². The Morgan fingerprint density at radius 2 is 1.83 bits per heavy atom. The molecule has 2 heterocycles. The first-order valence-electron chi connectivity index (χ1n) is 6.13. The molecule has 0 amide bonds. The molecule has 5 aliphatic rings. The molecule has 2 aliphatic heterocycles. The zero-order valence-electron chi connectivity index (χ0n) is 9.63. The highest BCUT2D eigenvalue weighted by atomic mass is 79.9. The number of hydrogen-bond acceptors (Lipinski definition) is 3. The molecule has 18 heavy (non-hydrogen) atoms. The van der Waals surface area contributed by atoms with Crippen LogP contribution in [-0.2, 0) is 14.6 Å². The molecule has 0 spiro atoms. The van der Waals surface area contributed by atoms with E-state index in [1.165, 1.54) is 0 Å². The molecule has 1 aromatic rings. The standard InChI is InChI=1S/C13H11BrO3S/c1-6-2-4-7(5-3-6)18(15,16)13-9-8-10(12(8,13)14)17-11(9)13/h2-5,8-11H,1H3. The fourth-order valence-electron chi connectivity index (χ4n) is 4.45. The molecule has 0 N–H and O–H groups in total. The summed E-state index contributed by atoms with van der Waals surface area (Å²) in [7, 11) is -3.29. The second-order valence-electron chi connectivity index (χ2n) is 5.91. The maximum Gasteiger partial charge on any atom is 0.188 e. The van der Waals surface area contributed by atoms with Crippen LogP contribution in [0.1, 0.15) is 5.56 Å². The number of ether oxygens (including phenoxy) is 1. The topological polar surface area (TPSA) is 43.4 Å². The Morgan fingerprint density at radius 3 is 2.28 bits per heavy atom. The monoisotopic (exact) mass is 326 g/mol. The van der Waals surface area contributed by atoms with Crippen molar-refractivity contribution >= 4 is 25.8 Å². The number of sulfone groups is 1. The molecule has 1 aromatic carbocycles. The van der Waals surface area contributed by atoms with E-state index in [1.54, 1.807) is 12.1 Å². The molecular formula is C13H11BrO3S. The third-order valence-corrected chi connectivity index (χ3v) is 9.83. The summed E-state index contributed by atoms with van der Waals surface area (Å²) >= 11 is 3.65. The van der Waals surface area contributed by atoms with Gasteiger partial charge in [0, 0.05) is 11.8 Å². The van der Waals surface area contributed by atoms with Crippen molar-refractivity contribution in [2.24, 2.45) is 11.8 Å². The molecular weight excluding hydrogens is 316 g/mol. The lowest BCUT2D eigenvalue weighted by atomic mass is 10.00. The van der Waals surface area contributed by atoms with Gasteiger partial charge in [0.15, 0.2) is 9.84 Å². The van der Waals surface area contributed by atoms with E-state index in [2.05, 4.69) is 15.9 Å². The van der Waals surface area contributed by atoms with E-state index in [9.17, 15) is 8.42 Å². The first-order valence-corrected chi connectivity index (χ1v) is 8.40. The van der Waals surface area contributed by atoms with Crippen LogP contribution < -0.4 is 0 Å². The van der Waals surface area contributed by atoms with Gasteiger partial charge in [-0.05, 0) is 19.1 Å². The second kappa shape index (κ2) is 2.45. The first-order chi connectivity index (χ1) is 8.47. The molecule has 3 aliphatic carbocycles. The van der Waals surface area contributed by atoms with Crippen molar-refractivity contribution in [2.75, 3.05) is 0 Å². The Hall–Kier alpha value is -0.390. The van der Waals surface area contributed by atoms with Crippen molar-refractivity contribution in [3.05, 3.63) is 29.8 Å². The van der Waals surface area contributed by atoms with Gasteiger partial charge in [0.2, 0.25) is 0 Å². The average molecular weight is 327 g/mol. The molecule has 2 saturated heterocycles. The molecule has 6 rings (SSSR count). The highest BCUT2D eigenvalue weighted by Crippen LogP contribution is 2.95. The minimum absolute atomic E-state index is 0.0572. The van der Waals surface area contributed by atoms with Gasteiger partial charge in [-0.25, -0.2) is 8.42 Å². The maximum absolute atomic E-state index is 12.9. The predicted octanol–water partition coefficient (Wildman–Crippen LogP) is 1.68. The first kappa shape index (κ1) is 10.4. The zero-order chi connectivity index (χ0) is 12.5. The molecule has 6 atom stereocenters. The summed E-state index contributed by atoms with van der Waals surface area (Å²) in [5.74, 6) is 0.691. The Balaban J connectivity index is 1.68. The number of rotatable bonds is 2. The molecule has 94 valence electrons. The van der Waals surface area contributed by atoms with Crippen molar-refractivity contribution in [2.45, 2.75) is 33.1 Å². The van der Waals surface area contributed by atoms with Crippen molar-refractivity contribution in [3.63, 3.8) is 0 Å². The van der Waals surface area contributed by atoms with Crippen LogP contribution in [0.4, 0.5) is 0 Å². The van der Waals surface area contributed by atoms with Gasteiger partial charge in [-0.3, -0.25) is 0 Å². The lowest BCUT2D eigenvalue weighted by Gasteiger charge is -2.29. The number of hydrogen-bond donors (Lipinski definition) is 0. The lowest BCUT2D eigenvalue weighted by Crippen LogP contribution is -2.45. The van der Waals surface area contributed by atoms with Crippen LogP contribution in [-0.4, -0.2) is 29.7 Å². The minimum atomic E-state index is -3.29. The van der Waals surface area contributed by atoms with Gasteiger partial charge < -0.3 is 4.74 Å². The number of alkyl halides is 1. The Labute approximate surface area is 114 Å². The molecule has 3 saturated carbocycles. The molecule has 3 nitrogen and oxygen atoms in total. The Bertz CT molecular complexity index is 685. The van der Waals surface area contributed by atoms with Crippen molar-refractivity contribution in [1.29, 1.82) is 0 Å². The van der Waals surface area contributed by atoms with Crippen LogP contribution in [0.2, 0.25) is 0 Å². The van der Waals surface area contributed by atoms with Crippen LogP contribution >= 0.6 is 15.9 Å². The zero-order valence-corrected chi connectivity index (χ0v) is 12.0. The number of benzene rings is 1. The second-order valence-corrected chi connectivity index (χ2v) is 9.37. The van der Waals surface area contributed by atoms with E-state index < -0.39 is 14.6 Å². The summed E-state index contributed by atoms with van der Waals surface area (Å²) in [6, 6.07) is 7.16. The lowest BCUT2D eigenvalue weighted by molar-refractivity contribution is 0.145. The largest absolute Gasteiger partial charge is 0.371 e. The average Bonchev–Trinajstić information content (AvgIpc) is 2.94. The quantitative estimate of drug-likeness (QED) is 0.777. The van der Waals surface area contributed by atoms with Gasteiger partial charge in [-0.2, -0.15) is 0 Å². The number of aryl methyl sites for hydroxylation is 1. The fraction of sp³-hybridized carbons (Fsp3) is 0.538. The van der Waals surface area contributed by atoms with Crippen molar-refractivity contribution < 1.29 is 13.2 Å².